The van der Waals surface area contributed by atoms with Crippen LogP contribution in [0.1, 0.15) is 6.42 Å². The Balaban J connectivity index is 1.53. The molecule has 0 saturated carbocycles. The fraction of sp³-hybridized carbons (Fsp3) is 0.350. The molecule has 26 heavy (non-hydrogen) atoms. The maximum Gasteiger partial charge on any atom is 0.238 e. The molecular formula is C20H25N3O3. The second kappa shape index (κ2) is 8.58. The molecular weight excluding hydrogens is 330 g/mol. The quantitative estimate of drug-likeness (QED) is 0.800. The molecule has 0 bridgehead atoms. The first-order chi connectivity index (χ1) is 12.7. The lowest BCUT2D eigenvalue weighted by Gasteiger charge is -2.18. The van der Waals surface area contributed by atoms with Gasteiger partial charge in [-0.2, -0.15) is 0 Å². The molecule has 138 valence electrons. The minimum Gasteiger partial charge on any atom is -0.497 e. The molecule has 0 spiro atoms. The predicted molar refractivity (Wildman–Crippen MR) is 103 cm³/mol. The molecule has 2 aromatic rings. The van der Waals surface area contributed by atoms with Gasteiger partial charge in [0.25, 0.3) is 0 Å². The molecule has 1 heterocycles. The number of benzene rings is 2. The zero-order valence-electron chi connectivity index (χ0n) is 15.2. The maximum atomic E-state index is 12.4. The van der Waals surface area contributed by atoms with Crippen molar-refractivity contribution in [3.63, 3.8) is 0 Å². The Morgan fingerprint density at radius 2 is 1.96 bits per heavy atom. The number of carbonyl (C=O) groups excluding carboxylic acids is 1. The molecule has 0 aromatic heterocycles. The lowest BCUT2D eigenvalue weighted by atomic mass is 10.2. The molecule has 1 atom stereocenters. The molecule has 1 aliphatic rings. The lowest BCUT2D eigenvalue weighted by molar-refractivity contribution is -0.117. The summed E-state index contributed by atoms with van der Waals surface area (Å²) < 4.78 is 10.5. The van der Waals surface area contributed by atoms with Gasteiger partial charge in [-0.05, 0) is 30.7 Å². The molecule has 6 heteroatoms. The maximum absolute atomic E-state index is 12.4. The minimum atomic E-state index is -0.0584. The highest BCUT2D eigenvalue weighted by Crippen LogP contribution is 2.29. The van der Waals surface area contributed by atoms with E-state index in [2.05, 4.69) is 27.7 Å². The molecule has 1 amide bonds. The third-order valence-corrected chi connectivity index (χ3v) is 4.46. The highest BCUT2D eigenvalue weighted by molar-refractivity contribution is 5.94. The van der Waals surface area contributed by atoms with E-state index in [4.69, 9.17) is 9.47 Å². The number of anilines is 2. The summed E-state index contributed by atoms with van der Waals surface area (Å²) in [7, 11) is 3.18. The van der Waals surface area contributed by atoms with Crippen LogP contribution in [0.4, 0.5) is 11.4 Å². The minimum absolute atomic E-state index is 0.0584. The molecule has 1 saturated heterocycles. The first-order valence-corrected chi connectivity index (χ1v) is 8.73. The number of nitrogens with one attached hydrogen (secondary N) is 2. The Kier molecular flexibility index (Phi) is 5.96. The van der Waals surface area contributed by atoms with Gasteiger partial charge >= 0.3 is 0 Å². The number of likely N-dealkylation sites (tertiary alicyclic amines) is 1. The van der Waals surface area contributed by atoms with Gasteiger partial charge in [0.2, 0.25) is 5.91 Å². The number of methoxy groups -OCH3 is 2. The fourth-order valence-corrected chi connectivity index (χ4v) is 3.17. The molecule has 6 nitrogen and oxygen atoms in total. The number of rotatable bonds is 7. The molecule has 1 unspecified atom stereocenters. The molecule has 0 radical (unpaired) electrons. The van der Waals surface area contributed by atoms with Crippen molar-refractivity contribution in [2.75, 3.05) is 44.5 Å². The smallest absolute Gasteiger partial charge is 0.238 e. The van der Waals surface area contributed by atoms with Gasteiger partial charge in [0.15, 0.2) is 0 Å². The first kappa shape index (κ1) is 18.1. The third-order valence-electron chi connectivity index (χ3n) is 4.46. The van der Waals surface area contributed by atoms with Crippen LogP contribution in [0.2, 0.25) is 0 Å². The van der Waals surface area contributed by atoms with E-state index in [1.807, 2.05) is 18.2 Å². The second-order valence-electron chi connectivity index (χ2n) is 6.35. The van der Waals surface area contributed by atoms with E-state index >= 15 is 0 Å². The van der Waals surface area contributed by atoms with Crippen LogP contribution < -0.4 is 20.1 Å². The Labute approximate surface area is 154 Å². The summed E-state index contributed by atoms with van der Waals surface area (Å²) in [5.41, 5.74) is 1.74. The highest BCUT2D eigenvalue weighted by atomic mass is 16.5. The summed E-state index contributed by atoms with van der Waals surface area (Å²) in [4.78, 5) is 14.6. The van der Waals surface area contributed by atoms with Crippen molar-refractivity contribution >= 4 is 17.3 Å². The molecule has 2 N–H and O–H groups in total. The number of carbonyl (C=O) groups is 1. The van der Waals surface area contributed by atoms with E-state index < -0.39 is 0 Å². The van der Waals surface area contributed by atoms with Crippen LogP contribution in [0.5, 0.6) is 11.5 Å². The first-order valence-electron chi connectivity index (χ1n) is 8.73. The van der Waals surface area contributed by atoms with E-state index in [1.54, 1.807) is 32.4 Å². The Bertz CT molecular complexity index is 736. The van der Waals surface area contributed by atoms with Gasteiger partial charge in [-0.25, -0.2) is 0 Å². The fourth-order valence-electron chi connectivity index (χ4n) is 3.17. The average Bonchev–Trinajstić information content (AvgIpc) is 3.09. The van der Waals surface area contributed by atoms with Crippen LogP contribution in [-0.2, 0) is 4.79 Å². The van der Waals surface area contributed by atoms with Gasteiger partial charge in [0, 0.05) is 30.9 Å². The third kappa shape index (κ3) is 4.67. The van der Waals surface area contributed by atoms with E-state index in [1.165, 1.54) is 0 Å². The normalized spacial score (nSPS) is 16.9. The monoisotopic (exact) mass is 355 g/mol. The summed E-state index contributed by atoms with van der Waals surface area (Å²) in [6.45, 7) is 2.10. The number of hydrogen-bond acceptors (Lipinski definition) is 5. The van der Waals surface area contributed by atoms with E-state index in [0.717, 1.165) is 25.2 Å². The van der Waals surface area contributed by atoms with Crippen molar-refractivity contribution in [2.45, 2.75) is 12.5 Å². The number of ether oxygens (including phenoxy) is 2. The molecule has 3 rings (SSSR count). The molecule has 1 aliphatic heterocycles. The van der Waals surface area contributed by atoms with E-state index in [-0.39, 0.29) is 5.91 Å². The topological polar surface area (TPSA) is 62.8 Å². The lowest BCUT2D eigenvalue weighted by Crippen LogP contribution is -2.33. The summed E-state index contributed by atoms with van der Waals surface area (Å²) in [5, 5.41) is 6.44. The highest BCUT2D eigenvalue weighted by Gasteiger charge is 2.24. The van der Waals surface area contributed by atoms with E-state index in [9.17, 15) is 4.79 Å². The summed E-state index contributed by atoms with van der Waals surface area (Å²) >= 11 is 0. The number of hydrogen-bond donors (Lipinski definition) is 2. The second-order valence-corrected chi connectivity index (χ2v) is 6.35. The molecule has 1 fully saturated rings. The van der Waals surface area contributed by atoms with Crippen LogP contribution in [0.25, 0.3) is 0 Å². The molecule has 0 aliphatic carbocycles. The van der Waals surface area contributed by atoms with Crippen molar-refractivity contribution in [1.29, 1.82) is 0 Å². The van der Waals surface area contributed by atoms with Gasteiger partial charge in [0.05, 0.1) is 26.5 Å². The Morgan fingerprint density at radius 1 is 1.15 bits per heavy atom. The van der Waals surface area contributed by atoms with Crippen molar-refractivity contribution in [1.82, 2.24) is 4.90 Å². The number of nitrogens with zero attached hydrogens (tertiary/aromatic N) is 1. The van der Waals surface area contributed by atoms with Crippen LogP contribution in [0, 0.1) is 0 Å². The average molecular weight is 355 g/mol. The zero-order valence-corrected chi connectivity index (χ0v) is 15.2. The van der Waals surface area contributed by atoms with Gasteiger partial charge in [-0.1, -0.05) is 18.2 Å². The van der Waals surface area contributed by atoms with Crippen molar-refractivity contribution in [2.24, 2.45) is 0 Å². The number of para-hydroxylation sites is 1. The Hall–Kier alpha value is -2.73. The summed E-state index contributed by atoms with van der Waals surface area (Å²) in [5.74, 6) is 1.23. The largest absolute Gasteiger partial charge is 0.497 e. The number of amides is 1. The van der Waals surface area contributed by atoms with Crippen LogP contribution in [-0.4, -0.2) is 50.7 Å². The Morgan fingerprint density at radius 3 is 2.69 bits per heavy atom. The van der Waals surface area contributed by atoms with E-state index in [0.29, 0.717) is 29.8 Å². The van der Waals surface area contributed by atoms with Crippen molar-refractivity contribution in [3.05, 3.63) is 48.5 Å². The summed E-state index contributed by atoms with van der Waals surface area (Å²) in [6.07, 6.45) is 1.02. The van der Waals surface area contributed by atoms with Crippen molar-refractivity contribution < 1.29 is 14.3 Å². The molecule has 2 aromatic carbocycles. The van der Waals surface area contributed by atoms with Gasteiger partial charge in [0.1, 0.15) is 11.5 Å². The predicted octanol–water partition coefficient (Wildman–Crippen LogP) is 2.83. The standard InChI is InChI=1S/C20H25N3O3/c1-25-17-8-9-19(26-2)18(12-17)22-20(24)14-23-11-10-16(13-23)21-15-6-4-3-5-7-15/h3-9,12,16,21H,10-11,13-14H2,1-2H3,(H,22,24). The van der Waals surface area contributed by atoms with Gasteiger partial charge in [-0.15, -0.1) is 0 Å². The van der Waals surface area contributed by atoms with Crippen LogP contribution in [0.3, 0.4) is 0 Å². The SMILES string of the molecule is COc1ccc(OC)c(NC(=O)CN2CCC(Nc3ccccc3)C2)c1. The summed E-state index contributed by atoms with van der Waals surface area (Å²) in [6, 6.07) is 15.9. The van der Waals surface area contributed by atoms with Crippen molar-refractivity contribution in [3.8, 4) is 11.5 Å². The van der Waals surface area contributed by atoms with Crippen LogP contribution >= 0.6 is 0 Å². The van der Waals surface area contributed by atoms with Crippen LogP contribution in [0.15, 0.2) is 48.5 Å². The van der Waals surface area contributed by atoms with Gasteiger partial charge in [-0.3, -0.25) is 9.69 Å². The van der Waals surface area contributed by atoms with Gasteiger partial charge < -0.3 is 20.1 Å². The zero-order chi connectivity index (χ0) is 18.4.